The number of hydrogen-bond acceptors (Lipinski definition) is 5. The zero-order valence-corrected chi connectivity index (χ0v) is 16.9. The summed E-state index contributed by atoms with van der Waals surface area (Å²) in [6.07, 6.45) is 0.565. The molecule has 0 bridgehead atoms. The molecule has 0 aliphatic carbocycles. The SMILES string of the molecule is CCCOC(=O)c1cc(NC(=O)c2c(F)c(F)c(F)c(F)c2F)ccc1N1CCOCC1. The highest BCUT2D eigenvalue weighted by molar-refractivity contribution is 6.06. The van der Waals surface area contributed by atoms with Gasteiger partial charge in [-0.3, -0.25) is 4.79 Å². The van der Waals surface area contributed by atoms with Crippen molar-refractivity contribution < 1.29 is 41.0 Å². The summed E-state index contributed by atoms with van der Waals surface area (Å²) < 4.78 is 78.4. The third-order valence-corrected chi connectivity index (χ3v) is 4.70. The minimum Gasteiger partial charge on any atom is -0.462 e. The average Bonchev–Trinajstić information content (AvgIpc) is 2.80. The molecule has 1 amide bonds. The number of halogens is 5. The van der Waals surface area contributed by atoms with Crippen molar-refractivity contribution in [3.05, 3.63) is 58.4 Å². The Hall–Kier alpha value is -3.21. The van der Waals surface area contributed by atoms with Crippen molar-refractivity contribution in [2.75, 3.05) is 43.1 Å². The minimum atomic E-state index is -2.37. The van der Waals surface area contributed by atoms with Crippen LogP contribution >= 0.6 is 0 Å². The molecular weight excluding hydrogens is 439 g/mol. The van der Waals surface area contributed by atoms with Crippen LogP contribution in [0.2, 0.25) is 0 Å². The van der Waals surface area contributed by atoms with Gasteiger partial charge in [-0.05, 0) is 24.6 Å². The van der Waals surface area contributed by atoms with Crippen LogP contribution in [0.3, 0.4) is 0 Å². The van der Waals surface area contributed by atoms with E-state index >= 15 is 0 Å². The molecule has 6 nitrogen and oxygen atoms in total. The standard InChI is InChI=1S/C21H19F5N2O4/c1-2-7-32-21(30)12-10-11(3-4-13(12)28-5-8-31-9-6-28)27-20(29)14-15(22)17(24)19(26)18(25)16(14)23/h3-4,10H,2,5-9H2,1H3,(H,27,29). The van der Waals surface area contributed by atoms with Crippen LogP contribution in [0.15, 0.2) is 18.2 Å². The van der Waals surface area contributed by atoms with E-state index in [1.807, 2.05) is 4.90 Å². The van der Waals surface area contributed by atoms with Crippen molar-refractivity contribution >= 4 is 23.3 Å². The molecule has 32 heavy (non-hydrogen) atoms. The molecule has 1 aliphatic heterocycles. The fraction of sp³-hybridized carbons (Fsp3) is 0.333. The molecule has 1 fully saturated rings. The summed E-state index contributed by atoms with van der Waals surface area (Å²) >= 11 is 0. The average molecular weight is 458 g/mol. The number of anilines is 2. The Balaban J connectivity index is 1.95. The van der Waals surface area contributed by atoms with Crippen molar-refractivity contribution in [3.8, 4) is 0 Å². The van der Waals surface area contributed by atoms with Crippen LogP contribution in [-0.4, -0.2) is 44.8 Å². The van der Waals surface area contributed by atoms with E-state index in [1.165, 1.54) is 18.2 Å². The Morgan fingerprint density at radius 2 is 1.59 bits per heavy atom. The van der Waals surface area contributed by atoms with Crippen LogP contribution in [0.25, 0.3) is 0 Å². The molecule has 1 heterocycles. The van der Waals surface area contributed by atoms with Gasteiger partial charge in [-0.1, -0.05) is 6.92 Å². The monoisotopic (exact) mass is 458 g/mol. The first-order valence-electron chi connectivity index (χ1n) is 9.72. The predicted octanol–water partition coefficient (Wildman–Crippen LogP) is 4.04. The molecule has 2 aromatic rings. The van der Waals surface area contributed by atoms with Gasteiger partial charge < -0.3 is 19.7 Å². The van der Waals surface area contributed by atoms with Crippen LogP contribution in [0.1, 0.15) is 34.1 Å². The quantitative estimate of drug-likeness (QED) is 0.306. The highest BCUT2D eigenvalue weighted by Gasteiger charge is 2.30. The molecule has 172 valence electrons. The van der Waals surface area contributed by atoms with Crippen LogP contribution in [0.5, 0.6) is 0 Å². The van der Waals surface area contributed by atoms with Crippen molar-refractivity contribution in [1.29, 1.82) is 0 Å². The number of nitrogens with zero attached hydrogens (tertiary/aromatic N) is 1. The maximum atomic E-state index is 13.9. The zero-order valence-electron chi connectivity index (χ0n) is 16.9. The van der Waals surface area contributed by atoms with Gasteiger partial charge in [0.15, 0.2) is 23.3 Å². The first kappa shape index (κ1) is 23.5. The van der Waals surface area contributed by atoms with Gasteiger partial charge in [-0.25, -0.2) is 26.7 Å². The summed E-state index contributed by atoms with van der Waals surface area (Å²) in [5.41, 5.74) is -1.17. The summed E-state index contributed by atoms with van der Waals surface area (Å²) in [4.78, 5) is 26.7. The molecule has 1 aliphatic rings. The Morgan fingerprint density at radius 3 is 2.19 bits per heavy atom. The second kappa shape index (κ2) is 9.94. The Kier molecular flexibility index (Phi) is 7.29. The van der Waals surface area contributed by atoms with E-state index < -0.39 is 46.5 Å². The van der Waals surface area contributed by atoms with Gasteiger partial charge in [-0.2, -0.15) is 0 Å². The van der Waals surface area contributed by atoms with Gasteiger partial charge >= 0.3 is 5.97 Å². The second-order valence-electron chi connectivity index (χ2n) is 6.87. The third-order valence-electron chi connectivity index (χ3n) is 4.70. The van der Waals surface area contributed by atoms with Crippen LogP contribution in [0.4, 0.5) is 33.3 Å². The van der Waals surface area contributed by atoms with E-state index in [9.17, 15) is 31.5 Å². The molecule has 0 unspecified atom stereocenters. The van der Waals surface area contributed by atoms with Crippen molar-refractivity contribution in [3.63, 3.8) is 0 Å². The first-order chi connectivity index (χ1) is 15.3. The number of morpholine rings is 1. The van der Waals surface area contributed by atoms with Crippen LogP contribution in [0, 0.1) is 29.1 Å². The van der Waals surface area contributed by atoms with E-state index in [1.54, 1.807) is 6.92 Å². The zero-order chi connectivity index (χ0) is 23.4. The molecule has 2 aromatic carbocycles. The van der Waals surface area contributed by atoms with E-state index in [0.717, 1.165) is 0 Å². The summed E-state index contributed by atoms with van der Waals surface area (Å²) in [7, 11) is 0. The highest BCUT2D eigenvalue weighted by Crippen LogP contribution is 2.28. The van der Waals surface area contributed by atoms with E-state index in [2.05, 4.69) is 5.32 Å². The van der Waals surface area contributed by atoms with Crippen LogP contribution < -0.4 is 10.2 Å². The maximum Gasteiger partial charge on any atom is 0.340 e. The van der Waals surface area contributed by atoms with Crippen molar-refractivity contribution in [1.82, 2.24) is 0 Å². The normalized spacial score (nSPS) is 13.8. The maximum absolute atomic E-state index is 13.9. The number of nitrogens with one attached hydrogen (secondary N) is 1. The van der Waals surface area contributed by atoms with Crippen molar-refractivity contribution in [2.45, 2.75) is 13.3 Å². The summed E-state index contributed by atoms with van der Waals surface area (Å²) in [5, 5.41) is 2.07. The largest absolute Gasteiger partial charge is 0.462 e. The lowest BCUT2D eigenvalue weighted by atomic mass is 10.1. The molecule has 1 saturated heterocycles. The van der Waals surface area contributed by atoms with Crippen molar-refractivity contribution in [2.24, 2.45) is 0 Å². The Morgan fingerprint density at radius 1 is 1.00 bits per heavy atom. The number of hydrogen-bond donors (Lipinski definition) is 1. The molecule has 1 N–H and O–H groups in total. The highest BCUT2D eigenvalue weighted by atomic mass is 19.2. The molecule has 0 radical (unpaired) electrons. The van der Waals surface area contributed by atoms with E-state index in [4.69, 9.17) is 9.47 Å². The number of esters is 1. The number of ether oxygens (including phenoxy) is 2. The Labute approximate surface area is 179 Å². The summed E-state index contributed by atoms with van der Waals surface area (Å²) in [6, 6.07) is 4.04. The molecular formula is C21H19F5N2O4. The predicted molar refractivity (Wildman–Crippen MR) is 104 cm³/mol. The second-order valence-corrected chi connectivity index (χ2v) is 6.87. The summed E-state index contributed by atoms with van der Waals surface area (Å²) in [6.45, 7) is 3.79. The molecule has 0 spiro atoms. The van der Waals surface area contributed by atoms with Gasteiger partial charge in [-0.15, -0.1) is 0 Å². The fourth-order valence-electron chi connectivity index (χ4n) is 3.13. The fourth-order valence-corrected chi connectivity index (χ4v) is 3.13. The third kappa shape index (κ3) is 4.67. The topological polar surface area (TPSA) is 67.9 Å². The molecule has 0 saturated carbocycles. The van der Waals surface area contributed by atoms with Gasteiger partial charge in [0.05, 0.1) is 31.1 Å². The Bertz CT molecular complexity index is 1010. The van der Waals surface area contributed by atoms with E-state index in [0.29, 0.717) is 38.4 Å². The number of benzene rings is 2. The van der Waals surface area contributed by atoms with Gasteiger partial charge in [0.25, 0.3) is 5.91 Å². The molecule has 3 rings (SSSR count). The molecule has 11 heteroatoms. The van der Waals surface area contributed by atoms with Gasteiger partial charge in [0, 0.05) is 18.8 Å². The van der Waals surface area contributed by atoms with Crippen LogP contribution in [-0.2, 0) is 9.47 Å². The summed E-state index contributed by atoms with van der Waals surface area (Å²) in [5.74, 6) is -13.6. The lowest BCUT2D eigenvalue weighted by Gasteiger charge is -2.30. The number of carbonyl (C=O) groups is 2. The smallest absolute Gasteiger partial charge is 0.340 e. The van der Waals surface area contributed by atoms with E-state index in [-0.39, 0.29) is 17.9 Å². The lowest BCUT2D eigenvalue weighted by Crippen LogP contribution is -2.37. The number of carbonyl (C=O) groups excluding carboxylic acids is 2. The molecule has 0 atom stereocenters. The lowest BCUT2D eigenvalue weighted by molar-refractivity contribution is 0.0504. The first-order valence-corrected chi connectivity index (χ1v) is 9.72. The molecule has 0 aromatic heterocycles. The van der Waals surface area contributed by atoms with Gasteiger partial charge in [0.2, 0.25) is 5.82 Å². The van der Waals surface area contributed by atoms with Gasteiger partial charge in [0.1, 0.15) is 5.56 Å². The number of amides is 1. The number of rotatable bonds is 6. The minimum absolute atomic E-state index is 0.0653.